The average molecular weight is 301 g/mol. The van der Waals surface area contributed by atoms with Gasteiger partial charge >= 0.3 is 0 Å². The van der Waals surface area contributed by atoms with E-state index in [0.29, 0.717) is 31.0 Å². The second kappa shape index (κ2) is 5.91. The van der Waals surface area contributed by atoms with Crippen LogP contribution >= 0.6 is 0 Å². The van der Waals surface area contributed by atoms with Gasteiger partial charge in [0.2, 0.25) is 0 Å². The van der Waals surface area contributed by atoms with Gasteiger partial charge in [0.15, 0.2) is 0 Å². The first-order valence-corrected chi connectivity index (χ1v) is 9.48. The van der Waals surface area contributed by atoms with E-state index in [1.807, 2.05) is 0 Å². The molecule has 0 amide bonds. The van der Waals surface area contributed by atoms with Crippen molar-refractivity contribution in [2.45, 2.75) is 45.1 Å². The number of rotatable bonds is 5. The molecule has 3 rings (SSSR count). The fourth-order valence-electron chi connectivity index (χ4n) is 4.06. The second-order valence-electron chi connectivity index (χ2n) is 6.58. The Balaban J connectivity index is 1.65. The highest BCUT2D eigenvalue weighted by atomic mass is 32.2. The number of hydrogen-bond acceptors (Lipinski definition) is 3. The molecule has 3 unspecified atom stereocenters. The van der Waals surface area contributed by atoms with Crippen LogP contribution in [0.3, 0.4) is 0 Å². The smallest absolute Gasteiger partial charge is 0.282 e. The molecule has 1 N–H and O–H groups in total. The first-order chi connectivity index (χ1) is 9.61. The van der Waals surface area contributed by atoms with Crippen LogP contribution in [0.2, 0.25) is 0 Å². The van der Waals surface area contributed by atoms with Crippen molar-refractivity contribution in [3.63, 3.8) is 0 Å². The van der Waals surface area contributed by atoms with Crippen LogP contribution in [0.1, 0.15) is 39.0 Å². The monoisotopic (exact) mass is 301 g/mol. The molecule has 2 aliphatic heterocycles. The molecular weight excluding hydrogens is 274 g/mol. The van der Waals surface area contributed by atoms with Crippen LogP contribution in [0, 0.1) is 11.8 Å². The van der Waals surface area contributed by atoms with E-state index >= 15 is 0 Å². The predicted octanol–water partition coefficient (Wildman–Crippen LogP) is 1.04. The highest BCUT2D eigenvalue weighted by Crippen LogP contribution is 2.40. The minimum Gasteiger partial charge on any atom is -0.317 e. The molecule has 2 saturated heterocycles. The van der Waals surface area contributed by atoms with E-state index < -0.39 is 10.2 Å². The van der Waals surface area contributed by atoms with Crippen molar-refractivity contribution in [3.05, 3.63) is 0 Å². The average Bonchev–Trinajstić information content (AvgIpc) is 3.08. The van der Waals surface area contributed by atoms with Crippen molar-refractivity contribution in [1.82, 2.24) is 13.9 Å². The zero-order valence-electron chi connectivity index (χ0n) is 12.4. The largest absolute Gasteiger partial charge is 0.317 e. The van der Waals surface area contributed by atoms with E-state index in [1.54, 1.807) is 8.61 Å². The molecule has 5 nitrogen and oxygen atoms in total. The molecule has 0 aromatic carbocycles. The summed E-state index contributed by atoms with van der Waals surface area (Å²) in [5.74, 6) is 1.09. The summed E-state index contributed by atoms with van der Waals surface area (Å²) in [6.45, 7) is 6.16. The van der Waals surface area contributed by atoms with Crippen molar-refractivity contribution < 1.29 is 8.42 Å². The van der Waals surface area contributed by atoms with Crippen LogP contribution in [0.4, 0.5) is 0 Å². The Labute approximate surface area is 122 Å². The van der Waals surface area contributed by atoms with Gasteiger partial charge in [-0.1, -0.05) is 6.92 Å². The van der Waals surface area contributed by atoms with Crippen molar-refractivity contribution in [3.8, 4) is 0 Å². The SMILES string of the molecule is CCNCC1CCCN(S(=O)(=O)N2CC3CCC2C3)C1. The molecule has 3 aliphatic rings. The van der Waals surface area contributed by atoms with E-state index in [2.05, 4.69) is 12.2 Å². The summed E-state index contributed by atoms with van der Waals surface area (Å²) >= 11 is 0. The van der Waals surface area contributed by atoms with Crippen LogP contribution < -0.4 is 5.32 Å². The van der Waals surface area contributed by atoms with Crippen LogP contribution in [0.25, 0.3) is 0 Å². The molecule has 1 aliphatic carbocycles. The molecule has 0 aromatic rings. The summed E-state index contributed by atoms with van der Waals surface area (Å²) in [5, 5.41) is 3.35. The van der Waals surface area contributed by atoms with Crippen LogP contribution in [0.15, 0.2) is 0 Å². The number of fused-ring (bicyclic) bond motifs is 2. The van der Waals surface area contributed by atoms with Gasteiger partial charge in [-0.25, -0.2) is 0 Å². The lowest BCUT2D eigenvalue weighted by atomic mass is 10.00. The van der Waals surface area contributed by atoms with Gasteiger partial charge in [0, 0.05) is 25.7 Å². The molecule has 3 atom stereocenters. The van der Waals surface area contributed by atoms with Gasteiger partial charge in [0.1, 0.15) is 0 Å². The van der Waals surface area contributed by atoms with E-state index in [-0.39, 0.29) is 0 Å². The molecular formula is C14H27N3O2S. The summed E-state index contributed by atoms with van der Waals surface area (Å²) in [7, 11) is -3.21. The molecule has 116 valence electrons. The van der Waals surface area contributed by atoms with Gasteiger partial charge in [-0.3, -0.25) is 0 Å². The maximum atomic E-state index is 12.8. The third-order valence-electron chi connectivity index (χ3n) is 5.15. The molecule has 0 radical (unpaired) electrons. The lowest BCUT2D eigenvalue weighted by Gasteiger charge is -2.37. The fourth-order valence-corrected chi connectivity index (χ4v) is 6.08. The summed E-state index contributed by atoms with van der Waals surface area (Å²) < 4.78 is 29.2. The zero-order chi connectivity index (χ0) is 14.2. The van der Waals surface area contributed by atoms with Crippen LogP contribution in [0.5, 0.6) is 0 Å². The Morgan fingerprint density at radius 1 is 1.20 bits per heavy atom. The molecule has 2 bridgehead atoms. The summed E-state index contributed by atoms with van der Waals surface area (Å²) in [4.78, 5) is 0. The zero-order valence-corrected chi connectivity index (χ0v) is 13.2. The molecule has 1 saturated carbocycles. The molecule has 0 aromatic heterocycles. The predicted molar refractivity (Wildman–Crippen MR) is 79.6 cm³/mol. The van der Waals surface area contributed by atoms with Gasteiger partial charge < -0.3 is 5.32 Å². The molecule has 0 spiro atoms. The topological polar surface area (TPSA) is 52.7 Å². The van der Waals surface area contributed by atoms with Gasteiger partial charge in [-0.05, 0) is 57.0 Å². The highest BCUT2D eigenvalue weighted by Gasteiger charge is 2.46. The van der Waals surface area contributed by atoms with Gasteiger partial charge in [-0.2, -0.15) is 17.0 Å². The highest BCUT2D eigenvalue weighted by molar-refractivity contribution is 7.86. The van der Waals surface area contributed by atoms with E-state index in [0.717, 1.165) is 45.3 Å². The first-order valence-electron chi connectivity index (χ1n) is 8.09. The number of hydrogen-bond donors (Lipinski definition) is 1. The minimum atomic E-state index is -3.21. The van der Waals surface area contributed by atoms with E-state index in [1.165, 1.54) is 6.42 Å². The lowest BCUT2D eigenvalue weighted by molar-refractivity contribution is 0.232. The van der Waals surface area contributed by atoms with Crippen LogP contribution in [-0.4, -0.2) is 55.8 Å². The Bertz CT molecular complexity index is 440. The van der Waals surface area contributed by atoms with E-state index in [9.17, 15) is 8.42 Å². The van der Waals surface area contributed by atoms with Crippen molar-refractivity contribution >= 4 is 10.2 Å². The van der Waals surface area contributed by atoms with E-state index in [4.69, 9.17) is 0 Å². The second-order valence-corrected chi connectivity index (χ2v) is 8.47. The van der Waals surface area contributed by atoms with Gasteiger partial charge in [0.05, 0.1) is 0 Å². The normalized spacial score (nSPS) is 35.8. The Morgan fingerprint density at radius 3 is 2.70 bits per heavy atom. The maximum absolute atomic E-state index is 12.8. The van der Waals surface area contributed by atoms with Gasteiger partial charge in [-0.15, -0.1) is 0 Å². The Hall–Kier alpha value is -0.170. The minimum absolute atomic E-state index is 0.291. The third-order valence-corrected chi connectivity index (χ3v) is 7.17. The number of piperidine rings is 2. The quantitative estimate of drug-likeness (QED) is 0.825. The lowest BCUT2D eigenvalue weighted by Crippen LogP contribution is -2.51. The summed E-state index contributed by atoms with van der Waals surface area (Å²) in [6, 6.07) is 0.291. The maximum Gasteiger partial charge on any atom is 0.282 e. The molecule has 3 fully saturated rings. The number of nitrogens with zero attached hydrogens (tertiary/aromatic N) is 2. The molecule has 20 heavy (non-hydrogen) atoms. The van der Waals surface area contributed by atoms with Gasteiger partial charge in [0.25, 0.3) is 10.2 Å². The number of nitrogens with one attached hydrogen (secondary N) is 1. The standard InChI is InChI=1S/C14H27N3O2S/c1-2-15-9-13-4-3-7-16(10-13)20(18,19)17-11-12-5-6-14(17)8-12/h12-15H,2-11H2,1H3. The Morgan fingerprint density at radius 2 is 2.05 bits per heavy atom. The van der Waals surface area contributed by atoms with Crippen molar-refractivity contribution in [1.29, 1.82) is 0 Å². The summed E-state index contributed by atoms with van der Waals surface area (Å²) in [5.41, 5.74) is 0. The fraction of sp³-hybridized carbons (Fsp3) is 1.00. The van der Waals surface area contributed by atoms with Crippen molar-refractivity contribution in [2.75, 3.05) is 32.7 Å². The third kappa shape index (κ3) is 2.75. The van der Waals surface area contributed by atoms with Crippen molar-refractivity contribution in [2.24, 2.45) is 11.8 Å². The van der Waals surface area contributed by atoms with Crippen LogP contribution in [-0.2, 0) is 10.2 Å². The summed E-state index contributed by atoms with van der Waals surface area (Å²) in [6.07, 6.45) is 5.52. The molecule has 6 heteroatoms. The Kier molecular flexibility index (Phi) is 4.36. The first kappa shape index (κ1) is 14.8. The molecule has 2 heterocycles.